The number of fused-ring (bicyclic) bond motifs is 2. The lowest BCUT2D eigenvalue weighted by atomic mass is 9.55. The minimum absolute atomic E-state index is 0.0209. The van der Waals surface area contributed by atoms with Gasteiger partial charge in [0.1, 0.15) is 24.1 Å². The van der Waals surface area contributed by atoms with Crippen molar-refractivity contribution >= 4 is 17.9 Å². The summed E-state index contributed by atoms with van der Waals surface area (Å²) in [6.07, 6.45) is 31.8. The molecule has 0 radical (unpaired) electrons. The highest BCUT2D eigenvalue weighted by atomic mass is 16.7. The lowest BCUT2D eigenvalue weighted by Gasteiger charge is -2.59. The smallest absolute Gasteiger partial charge is 0.412 e. The summed E-state index contributed by atoms with van der Waals surface area (Å²) < 4.78 is 26.4. The lowest BCUT2D eigenvalue weighted by molar-refractivity contribution is -0.253. The van der Waals surface area contributed by atoms with Crippen LogP contribution < -0.4 is 14.8 Å². The molecule has 0 aromatic heterocycles. The van der Waals surface area contributed by atoms with Gasteiger partial charge in [-0.25, -0.2) is 9.59 Å². The molecule has 6 atom stereocenters. The molecule has 408 valence electrons. The number of ether oxygens (including phenoxy) is 4. The van der Waals surface area contributed by atoms with Gasteiger partial charge in [0, 0.05) is 44.7 Å². The van der Waals surface area contributed by atoms with Crippen molar-refractivity contribution in [2.75, 3.05) is 40.0 Å². The van der Waals surface area contributed by atoms with Crippen molar-refractivity contribution in [1.29, 1.82) is 0 Å². The van der Waals surface area contributed by atoms with E-state index in [0.717, 1.165) is 80.9 Å². The van der Waals surface area contributed by atoms with Gasteiger partial charge in [-0.3, -0.25) is 0 Å². The largest absolute Gasteiger partial charge is 0.459 e. The number of unbranched alkanes of at least 4 members (excludes halogenated alkanes) is 20. The Morgan fingerprint density at radius 3 is 2.04 bits per heavy atom. The van der Waals surface area contributed by atoms with Gasteiger partial charge >= 0.3 is 12.2 Å². The molecule has 3 aliphatic rings. The van der Waals surface area contributed by atoms with Crippen molar-refractivity contribution in [2.24, 2.45) is 22.9 Å². The predicted molar refractivity (Wildman–Crippen MR) is 293 cm³/mol. The lowest BCUT2D eigenvalue weighted by Crippen LogP contribution is -2.69. The first-order valence-corrected chi connectivity index (χ1v) is 28.9. The second kappa shape index (κ2) is 34.2. The van der Waals surface area contributed by atoms with Crippen LogP contribution in [0.5, 0.6) is 11.5 Å². The Kier molecular flexibility index (Phi) is 27.9. The van der Waals surface area contributed by atoms with Crippen LogP contribution in [0, 0.1) is 17.8 Å². The highest BCUT2D eigenvalue weighted by molar-refractivity contribution is 6.03. The van der Waals surface area contributed by atoms with Crippen LogP contribution in [0.1, 0.15) is 204 Å². The van der Waals surface area contributed by atoms with E-state index in [1.165, 1.54) is 89.9 Å². The minimum atomic E-state index is -1.42. The summed E-state index contributed by atoms with van der Waals surface area (Å²) in [7, 11) is 1.76. The first-order valence-electron chi connectivity index (χ1n) is 28.9. The molecule has 12 heteroatoms. The molecule has 12 nitrogen and oxygen atoms in total. The Labute approximate surface area is 440 Å². The number of hydrogen-bond acceptors (Lipinski definition) is 10. The molecule has 2 aromatic rings. The Morgan fingerprint density at radius 1 is 0.795 bits per heavy atom. The van der Waals surface area contributed by atoms with E-state index in [-0.39, 0.29) is 50.6 Å². The third-order valence-electron chi connectivity index (χ3n) is 15.4. The standard InChI is InChI=1S/C61H95N3O9/c1-5-8-10-12-14-16-18-20-22-29-39-62-59(67)72-50-37-38-55-53(45-50)57-51(36-28-31-41-66)49(35-27-30-40-65)44-52-54(63-71-47-48-33-25-24-26-34-48)46-56(61(73-55,58(52)57)70-42-7-3)64(4)60(68)69-43-32-23-21-19-17-15-13-11-9-6-2/h7,24-26,33-34,37-38,44-45,49,51,56-58,65-66H,3,5-6,8-23,27-32,35-36,39-43,46-47H2,1-2,4H3,(H,62,67). The van der Waals surface area contributed by atoms with E-state index in [9.17, 15) is 19.8 Å². The molecule has 0 bridgehead atoms. The fraction of sp³-hybridized carbons (Fsp3) is 0.689. The number of carbonyl (C=O) groups excluding carboxylic acids is 2. The van der Waals surface area contributed by atoms with Crippen LogP contribution >= 0.6 is 0 Å². The molecule has 1 heterocycles. The van der Waals surface area contributed by atoms with Crippen molar-refractivity contribution in [2.45, 2.75) is 212 Å². The van der Waals surface area contributed by atoms with E-state index in [4.69, 9.17) is 28.9 Å². The summed E-state index contributed by atoms with van der Waals surface area (Å²) in [5.74, 6) is -1.10. The maximum Gasteiger partial charge on any atom is 0.412 e. The summed E-state index contributed by atoms with van der Waals surface area (Å²) >= 11 is 0. The number of hydrogen-bond donors (Lipinski definition) is 3. The van der Waals surface area contributed by atoms with Crippen molar-refractivity contribution < 1.29 is 43.6 Å². The van der Waals surface area contributed by atoms with Crippen LogP contribution in [0.15, 0.2) is 78.0 Å². The maximum absolute atomic E-state index is 14.4. The Morgan fingerprint density at radius 2 is 1.41 bits per heavy atom. The average Bonchev–Trinajstić information content (AvgIpc) is 3.40. The predicted octanol–water partition coefficient (Wildman–Crippen LogP) is 14.5. The number of likely N-dealkylation sites (N-methyl/N-ethyl adjacent to an activating group) is 1. The van der Waals surface area contributed by atoms with Crippen LogP contribution in [0.25, 0.3) is 0 Å². The number of nitrogens with one attached hydrogen (secondary N) is 1. The van der Waals surface area contributed by atoms with Gasteiger partial charge in [-0.05, 0) is 79.7 Å². The summed E-state index contributed by atoms with van der Waals surface area (Å²) in [4.78, 5) is 35.6. The first-order chi connectivity index (χ1) is 35.8. The number of benzene rings is 2. The van der Waals surface area contributed by atoms with Gasteiger partial charge in [0.15, 0.2) is 0 Å². The normalized spacial score (nSPS) is 21.4. The molecule has 2 aromatic carbocycles. The third-order valence-corrected chi connectivity index (χ3v) is 15.4. The summed E-state index contributed by atoms with van der Waals surface area (Å²) in [5.41, 5.74) is 3.50. The number of oxime groups is 1. The Balaban J connectivity index is 1.45. The molecule has 1 aliphatic heterocycles. The van der Waals surface area contributed by atoms with Gasteiger partial charge in [0.05, 0.1) is 24.8 Å². The van der Waals surface area contributed by atoms with E-state index in [1.807, 2.05) is 42.5 Å². The first kappa shape index (κ1) is 59.5. The highest BCUT2D eigenvalue weighted by Gasteiger charge is 2.65. The fourth-order valence-corrected chi connectivity index (χ4v) is 11.5. The molecule has 5 rings (SSSR count). The van der Waals surface area contributed by atoms with E-state index in [0.29, 0.717) is 43.2 Å². The number of allylic oxidation sites excluding steroid dienone is 1. The van der Waals surface area contributed by atoms with Gasteiger partial charge in [-0.15, -0.1) is 6.58 Å². The molecule has 2 aliphatic carbocycles. The monoisotopic (exact) mass is 1010 g/mol. The van der Waals surface area contributed by atoms with E-state index >= 15 is 0 Å². The molecule has 3 N–H and O–H groups in total. The molecule has 1 fully saturated rings. The fourth-order valence-electron chi connectivity index (χ4n) is 11.5. The number of aliphatic hydroxyl groups is 2. The molecule has 1 saturated carbocycles. The number of aliphatic hydroxyl groups excluding tert-OH is 2. The van der Waals surface area contributed by atoms with Gasteiger partial charge < -0.3 is 44.2 Å². The Hall–Kier alpha value is -4.39. The van der Waals surface area contributed by atoms with Crippen LogP contribution in [0.4, 0.5) is 9.59 Å². The van der Waals surface area contributed by atoms with Crippen molar-refractivity contribution in [3.8, 4) is 11.5 Å². The second-order valence-corrected chi connectivity index (χ2v) is 20.9. The van der Waals surface area contributed by atoms with Crippen molar-refractivity contribution in [1.82, 2.24) is 10.2 Å². The maximum atomic E-state index is 14.4. The molecule has 0 saturated heterocycles. The number of carbonyl (C=O) groups is 2. The van der Waals surface area contributed by atoms with Crippen LogP contribution in [-0.2, 0) is 20.9 Å². The average molecular weight is 1010 g/mol. The number of nitrogens with zero attached hydrogens (tertiary/aromatic N) is 2. The van der Waals surface area contributed by atoms with Gasteiger partial charge in [0.25, 0.3) is 0 Å². The van der Waals surface area contributed by atoms with Gasteiger partial charge in [-0.1, -0.05) is 190 Å². The van der Waals surface area contributed by atoms with Gasteiger partial charge in [-0.2, -0.15) is 0 Å². The molecule has 2 amide bonds. The van der Waals surface area contributed by atoms with E-state index < -0.39 is 29.9 Å². The highest BCUT2D eigenvalue weighted by Crippen LogP contribution is 2.62. The zero-order chi connectivity index (χ0) is 51.9. The Bertz CT molecular complexity index is 1940. The number of amides is 2. The summed E-state index contributed by atoms with van der Waals surface area (Å²) in [5, 5.41) is 27.9. The zero-order valence-electron chi connectivity index (χ0n) is 45.3. The molecule has 6 unspecified atom stereocenters. The SMILES string of the molecule is C=CCOC12Oc3ccc(OC(=O)NCCCCCCCCCCCC)cc3C3C(CCCCO)C(CCCCO)C=C(C(=NOCc4ccccc4)CC1N(C)C(=O)OCCCCCCCCCCCC)C32. The van der Waals surface area contributed by atoms with Gasteiger partial charge in [0.2, 0.25) is 5.79 Å². The van der Waals surface area contributed by atoms with Crippen LogP contribution in [0.3, 0.4) is 0 Å². The van der Waals surface area contributed by atoms with Crippen molar-refractivity contribution in [3.05, 3.63) is 84.0 Å². The number of rotatable bonds is 38. The molecular formula is C61H95N3O9. The molecule has 73 heavy (non-hydrogen) atoms. The molecule has 0 spiro atoms. The third kappa shape index (κ3) is 18.7. The minimum Gasteiger partial charge on any atom is -0.459 e. The van der Waals surface area contributed by atoms with Crippen LogP contribution in [0.2, 0.25) is 0 Å². The van der Waals surface area contributed by atoms with E-state index in [1.54, 1.807) is 24.1 Å². The van der Waals surface area contributed by atoms with Crippen LogP contribution in [-0.4, -0.2) is 84.9 Å². The topological polar surface area (TPSA) is 148 Å². The van der Waals surface area contributed by atoms with Crippen molar-refractivity contribution in [3.63, 3.8) is 0 Å². The molecular weight excluding hydrogens is 919 g/mol. The second-order valence-electron chi connectivity index (χ2n) is 20.9. The zero-order valence-corrected chi connectivity index (χ0v) is 45.3. The quantitative estimate of drug-likeness (QED) is 0.0340. The van der Waals surface area contributed by atoms with E-state index in [2.05, 4.69) is 31.8 Å². The summed E-state index contributed by atoms with van der Waals surface area (Å²) in [6, 6.07) is 14.8. The summed E-state index contributed by atoms with van der Waals surface area (Å²) in [6.45, 7) is 9.99.